The lowest BCUT2D eigenvalue weighted by atomic mass is 9.99. The van der Waals surface area contributed by atoms with Crippen LogP contribution in [0.4, 0.5) is 13.2 Å². The molecule has 118 valence electrons. The highest BCUT2D eigenvalue weighted by Gasteiger charge is 2.39. The fourth-order valence-electron chi connectivity index (χ4n) is 1.91. The van der Waals surface area contributed by atoms with Crippen LogP contribution in [0.2, 0.25) is 0 Å². The highest BCUT2D eigenvalue weighted by atomic mass is 35.5. The van der Waals surface area contributed by atoms with Crippen LogP contribution in [0, 0.1) is 5.92 Å². The maximum atomic E-state index is 12.2. The summed E-state index contributed by atoms with van der Waals surface area (Å²) in [6.45, 7) is 5.64. The average molecular weight is 322 g/mol. The van der Waals surface area contributed by atoms with Crippen molar-refractivity contribution in [2.75, 3.05) is 0 Å². The lowest BCUT2D eigenvalue weighted by molar-refractivity contribution is -0.174. The topological polar surface area (TPSA) is 29.1 Å². The van der Waals surface area contributed by atoms with E-state index in [0.717, 1.165) is 12.0 Å². The van der Waals surface area contributed by atoms with Gasteiger partial charge in [0.2, 0.25) is 0 Å². The molecule has 1 unspecified atom stereocenters. The number of halogens is 4. The van der Waals surface area contributed by atoms with Crippen molar-refractivity contribution >= 4 is 17.5 Å². The summed E-state index contributed by atoms with van der Waals surface area (Å²) in [5.41, 5.74) is 1.52. The first kappa shape index (κ1) is 17.8. The van der Waals surface area contributed by atoms with E-state index in [-0.39, 0.29) is 5.38 Å². The van der Waals surface area contributed by atoms with Crippen molar-refractivity contribution in [3.05, 3.63) is 35.4 Å². The van der Waals surface area contributed by atoms with Crippen molar-refractivity contribution in [2.45, 2.75) is 44.8 Å². The molecule has 2 atom stereocenters. The van der Waals surface area contributed by atoms with Gasteiger partial charge in [0, 0.05) is 0 Å². The van der Waals surface area contributed by atoms with Crippen LogP contribution in [0.5, 0.6) is 0 Å². The zero-order valence-corrected chi connectivity index (χ0v) is 12.9. The van der Waals surface area contributed by atoms with E-state index in [1.807, 2.05) is 5.32 Å². The number of amides is 1. The standard InChI is InChI=1S/C15H19ClF3NO/c1-9(2)8-13(16)12-6-4-11(5-7-12)10(3)20-14(21)15(17,18)19/h4-7,9-10,13H,8H2,1-3H3,(H,20,21)/t10-,13?/m0/s1. The molecule has 1 aromatic carbocycles. The predicted octanol–water partition coefficient (Wildman–Crippen LogP) is 4.75. The van der Waals surface area contributed by atoms with E-state index in [2.05, 4.69) is 13.8 Å². The number of rotatable bonds is 5. The number of nitrogens with one attached hydrogen (secondary N) is 1. The average Bonchev–Trinajstić information content (AvgIpc) is 2.36. The Bertz CT molecular complexity index is 471. The Morgan fingerprint density at radius 1 is 1.14 bits per heavy atom. The van der Waals surface area contributed by atoms with Gasteiger partial charge in [-0.05, 0) is 30.4 Å². The number of hydrogen-bond acceptors (Lipinski definition) is 1. The predicted molar refractivity (Wildman–Crippen MR) is 77.1 cm³/mol. The second kappa shape index (κ2) is 7.16. The van der Waals surface area contributed by atoms with Crippen molar-refractivity contribution in [3.8, 4) is 0 Å². The van der Waals surface area contributed by atoms with Crippen molar-refractivity contribution in [1.82, 2.24) is 5.32 Å². The van der Waals surface area contributed by atoms with Gasteiger partial charge in [0.05, 0.1) is 11.4 Å². The Kier molecular flexibility index (Phi) is 6.08. The van der Waals surface area contributed by atoms with E-state index in [1.165, 1.54) is 6.92 Å². The van der Waals surface area contributed by atoms with Gasteiger partial charge in [-0.15, -0.1) is 11.6 Å². The maximum absolute atomic E-state index is 12.2. The molecule has 1 rings (SSSR count). The molecule has 1 N–H and O–H groups in total. The first-order chi connectivity index (χ1) is 9.61. The summed E-state index contributed by atoms with van der Waals surface area (Å²) in [6, 6.07) is 6.22. The van der Waals surface area contributed by atoms with Crippen LogP contribution in [-0.4, -0.2) is 12.1 Å². The number of carbonyl (C=O) groups is 1. The zero-order valence-electron chi connectivity index (χ0n) is 12.2. The summed E-state index contributed by atoms with van der Waals surface area (Å²) in [6.07, 6.45) is -4.05. The van der Waals surface area contributed by atoms with E-state index < -0.39 is 18.1 Å². The second-order valence-corrected chi connectivity index (χ2v) is 5.98. The SMILES string of the molecule is CC(C)CC(Cl)c1ccc([C@H](C)NC(=O)C(F)(F)F)cc1. The van der Waals surface area contributed by atoms with Gasteiger partial charge in [-0.25, -0.2) is 0 Å². The molecule has 0 bridgehead atoms. The Hall–Kier alpha value is -1.23. The number of alkyl halides is 4. The van der Waals surface area contributed by atoms with Crippen molar-refractivity contribution in [1.29, 1.82) is 0 Å². The molecular weight excluding hydrogens is 303 g/mol. The fraction of sp³-hybridized carbons (Fsp3) is 0.533. The Balaban J connectivity index is 2.71. The van der Waals surface area contributed by atoms with Crippen LogP contribution in [-0.2, 0) is 4.79 Å². The Morgan fingerprint density at radius 3 is 2.05 bits per heavy atom. The quantitative estimate of drug-likeness (QED) is 0.779. The van der Waals surface area contributed by atoms with Crippen LogP contribution in [0.3, 0.4) is 0 Å². The number of benzene rings is 1. The molecule has 0 aliphatic heterocycles. The normalized spacial score (nSPS) is 14.9. The third kappa shape index (κ3) is 5.58. The van der Waals surface area contributed by atoms with Gasteiger partial charge in [-0.3, -0.25) is 4.79 Å². The highest BCUT2D eigenvalue weighted by Crippen LogP contribution is 2.28. The largest absolute Gasteiger partial charge is 0.471 e. The molecule has 0 saturated carbocycles. The minimum atomic E-state index is -4.87. The van der Waals surface area contributed by atoms with Gasteiger partial charge in [0.1, 0.15) is 0 Å². The monoisotopic (exact) mass is 321 g/mol. The summed E-state index contributed by atoms with van der Waals surface area (Å²) in [7, 11) is 0. The summed E-state index contributed by atoms with van der Waals surface area (Å²) >= 11 is 6.26. The molecule has 0 saturated heterocycles. The number of hydrogen-bond donors (Lipinski definition) is 1. The van der Waals surface area contributed by atoms with E-state index >= 15 is 0 Å². The molecule has 0 spiro atoms. The van der Waals surface area contributed by atoms with Gasteiger partial charge in [0.15, 0.2) is 0 Å². The molecule has 21 heavy (non-hydrogen) atoms. The van der Waals surface area contributed by atoms with Gasteiger partial charge >= 0.3 is 12.1 Å². The molecule has 0 aromatic heterocycles. The third-order valence-corrected chi connectivity index (χ3v) is 3.51. The number of carbonyl (C=O) groups excluding carboxylic acids is 1. The molecular formula is C15H19ClF3NO. The summed E-state index contributed by atoms with van der Waals surface area (Å²) in [5.74, 6) is -1.48. The van der Waals surface area contributed by atoms with Gasteiger partial charge < -0.3 is 5.32 Å². The Morgan fingerprint density at radius 2 is 1.62 bits per heavy atom. The highest BCUT2D eigenvalue weighted by molar-refractivity contribution is 6.20. The van der Waals surface area contributed by atoms with Gasteiger partial charge in [-0.1, -0.05) is 38.1 Å². The van der Waals surface area contributed by atoms with Crippen LogP contribution >= 0.6 is 11.6 Å². The molecule has 0 aliphatic rings. The molecule has 1 aromatic rings. The van der Waals surface area contributed by atoms with Crippen LogP contribution in [0.15, 0.2) is 24.3 Å². The van der Waals surface area contributed by atoms with E-state index in [9.17, 15) is 18.0 Å². The molecule has 2 nitrogen and oxygen atoms in total. The molecule has 0 radical (unpaired) electrons. The minimum absolute atomic E-state index is 0.126. The Labute approximate surface area is 127 Å². The third-order valence-electron chi connectivity index (χ3n) is 3.08. The van der Waals surface area contributed by atoms with Crippen LogP contribution in [0.25, 0.3) is 0 Å². The second-order valence-electron chi connectivity index (χ2n) is 5.46. The first-order valence-electron chi connectivity index (χ1n) is 6.73. The van der Waals surface area contributed by atoms with Gasteiger partial charge in [-0.2, -0.15) is 13.2 Å². The fourth-order valence-corrected chi connectivity index (χ4v) is 2.41. The molecule has 0 heterocycles. The van der Waals surface area contributed by atoms with E-state index in [0.29, 0.717) is 11.5 Å². The van der Waals surface area contributed by atoms with Gasteiger partial charge in [0.25, 0.3) is 0 Å². The van der Waals surface area contributed by atoms with Crippen LogP contribution in [0.1, 0.15) is 49.7 Å². The lowest BCUT2D eigenvalue weighted by Gasteiger charge is -2.17. The summed E-state index contributed by atoms with van der Waals surface area (Å²) in [4.78, 5) is 10.9. The van der Waals surface area contributed by atoms with Crippen molar-refractivity contribution < 1.29 is 18.0 Å². The molecule has 6 heteroatoms. The van der Waals surface area contributed by atoms with Crippen LogP contribution < -0.4 is 5.32 Å². The maximum Gasteiger partial charge on any atom is 0.471 e. The first-order valence-corrected chi connectivity index (χ1v) is 7.16. The zero-order chi connectivity index (χ0) is 16.2. The van der Waals surface area contributed by atoms with Crippen molar-refractivity contribution in [2.24, 2.45) is 5.92 Å². The molecule has 1 amide bonds. The van der Waals surface area contributed by atoms with E-state index in [4.69, 9.17) is 11.6 Å². The summed E-state index contributed by atoms with van der Waals surface area (Å²) in [5, 5.41) is 1.79. The summed E-state index contributed by atoms with van der Waals surface area (Å²) < 4.78 is 36.6. The van der Waals surface area contributed by atoms with E-state index in [1.54, 1.807) is 24.3 Å². The lowest BCUT2D eigenvalue weighted by Crippen LogP contribution is -2.38. The minimum Gasteiger partial charge on any atom is -0.342 e. The smallest absolute Gasteiger partial charge is 0.342 e. The van der Waals surface area contributed by atoms with Crippen molar-refractivity contribution in [3.63, 3.8) is 0 Å². The molecule has 0 aliphatic carbocycles. The molecule has 0 fully saturated rings.